The van der Waals surface area contributed by atoms with Gasteiger partial charge in [-0.25, -0.2) is 14.6 Å². The number of nitrogens with zero attached hydrogens (tertiary/aromatic N) is 6. The van der Waals surface area contributed by atoms with Crippen molar-refractivity contribution in [3.8, 4) is 11.3 Å². The van der Waals surface area contributed by atoms with Crippen LogP contribution in [0, 0.1) is 6.92 Å². The average Bonchev–Trinajstić information content (AvgIpc) is 3.44. The van der Waals surface area contributed by atoms with Crippen LogP contribution in [-0.2, 0) is 13.1 Å². The summed E-state index contributed by atoms with van der Waals surface area (Å²) in [5.74, 6) is -0.0267. The Morgan fingerprint density at radius 1 is 1.00 bits per heavy atom. The smallest absolute Gasteiger partial charge is 0.258 e. The van der Waals surface area contributed by atoms with Crippen LogP contribution in [0.2, 0.25) is 0 Å². The van der Waals surface area contributed by atoms with Crippen LogP contribution in [0.4, 0.5) is 5.95 Å². The molecule has 5 aromatic rings. The second-order valence-corrected chi connectivity index (χ2v) is 7.76. The zero-order valence-electron chi connectivity index (χ0n) is 18.4. The number of aryl methyl sites for hydroxylation is 2. The van der Waals surface area contributed by atoms with Crippen LogP contribution in [0.5, 0.6) is 0 Å². The lowest BCUT2D eigenvalue weighted by Gasteiger charge is -2.09. The third kappa shape index (κ3) is 4.23. The van der Waals surface area contributed by atoms with E-state index in [0.717, 1.165) is 34.3 Å². The van der Waals surface area contributed by atoms with E-state index < -0.39 is 0 Å². The van der Waals surface area contributed by atoms with Crippen molar-refractivity contribution in [2.45, 2.75) is 26.9 Å². The van der Waals surface area contributed by atoms with E-state index in [1.807, 2.05) is 85.4 Å². The molecule has 0 fully saturated rings. The normalized spacial score (nSPS) is 11.1. The first kappa shape index (κ1) is 20.6. The highest BCUT2D eigenvalue weighted by Crippen LogP contribution is 2.27. The highest BCUT2D eigenvalue weighted by molar-refractivity contribution is 6.12. The Hall–Kier alpha value is -4.33. The second-order valence-electron chi connectivity index (χ2n) is 7.76. The Morgan fingerprint density at radius 2 is 1.79 bits per heavy atom. The number of pyridine rings is 1. The van der Waals surface area contributed by atoms with Crippen molar-refractivity contribution in [2.24, 2.45) is 0 Å². The molecule has 33 heavy (non-hydrogen) atoms. The fraction of sp³-hybridized carbons (Fsp3) is 0.160. The summed E-state index contributed by atoms with van der Waals surface area (Å²) in [5.41, 5.74) is 4.84. The van der Waals surface area contributed by atoms with Crippen molar-refractivity contribution in [1.82, 2.24) is 29.5 Å². The van der Waals surface area contributed by atoms with E-state index in [9.17, 15) is 4.79 Å². The number of fused-ring (bicyclic) bond motifs is 1. The van der Waals surface area contributed by atoms with Gasteiger partial charge in [0.15, 0.2) is 0 Å². The number of amides is 1. The number of aromatic nitrogens is 6. The number of anilines is 1. The lowest BCUT2D eigenvalue weighted by atomic mass is 10.0. The molecule has 164 valence electrons. The van der Waals surface area contributed by atoms with Gasteiger partial charge in [0, 0.05) is 23.7 Å². The molecule has 8 nitrogen and oxygen atoms in total. The lowest BCUT2D eigenvalue weighted by molar-refractivity contribution is 0.102. The predicted molar refractivity (Wildman–Crippen MR) is 127 cm³/mol. The number of carbonyl (C=O) groups excluding carboxylic acids is 1. The molecule has 2 aromatic carbocycles. The van der Waals surface area contributed by atoms with Crippen molar-refractivity contribution in [3.63, 3.8) is 0 Å². The Morgan fingerprint density at radius 3 is 2.58 bits per heavy atom. The van der Waals surface area contributed by atoms with Crippen LogP contribution in [0.1, 0.15) is 28.5 Å². The van der Waals surface area contributed by atoms with Crippen molar-refractivity contribution >= 4 is 22.8 Å². The predicted octanol–water partition coefficient (Wildman–Crippen LogP) is 4.32. The molecule has 8 heteroatoms. The first-order chi connectivity index (χ1) is 16.1. The zero-order valence-corrected chi connectivity index (χ0v) is 18.4. The summed E-state index contributed by atoms with van der Waals surface area (Å²) in [7, 11) is 0. The molecule has 0 aliphatic rings. The van der Waals surface area contributed by atoms with Crippen LogP contribution in [0.15, 0.2) is 73.2 Å². The van der Waals surface area contributed by atoms with Gasteiger partial charge in [-0.1, -0.05) is 48.5 Å². The van der Waals surface area contributed by atoms with Crippen molar-refractivity contribution in [2.75, 3.05) is 5.32 Å². The third-order valence-electron chi connectivity index (χ3n) is 5.46. The minimum Gasteiger partial charge on any atom is -0.289 e. The Balaban J connectivity index is 1.46. The van der Waals surface area contributed by atoms with Crippen LogP contribution in [0.25, 0.3) is 22.2 Å². The quantitative estimate of drug-likeness (QED) is 0.427. The fourth-order valence-electron chi connectivity index (χ4n) is 3.80. The molecule has 1 amide bonds. The summed E-state index contributed by atoms with van der Waals surface area (Å²) in [5, 5.41) is 12.5. The van der Waals surface area contributed by atoms with E-state index in [-0.39, 0.29) is 11.9 Å². The highest BCUT2D eigenvalue weighted by Gasteiger charge is 2.17. The van der Waals surface area contributed by atoms with Gasteiger partial charge >= 0.3 is 0 Å². The lowest BCUT2D eigenvalue weighted by Crippen LogP contribution is -2.14. The number of rotatable bonds is 6. The van der Waals surface area contributed by atoms with E-state index in [1.165, 1.54) is 0 Å². The van der Waals surface area contributed by atoms with E-state index in [0.29, 0.717) is 17.8 Å². The van der Waals surface area contributed by atoms with Crippen LogP contribution in [-0.4, -0.2) is 35.4 Å². The third-order valence-corrected chi connectivity index (χ3v) is 5.46. The van der Waals surface area contributed by atoms with Gasteiger partial charge in [-0.15, -0.1) is 5.10 Å². The van der Waals surface area contributed by atoms with Gasteiger partial charge in [-0.05, 0) is 31.5 Å². The largest absolute Gasteiger partial charge is 0.289 e. The molecule has 3 aromatic heterocycles. The Bertz CT molecular complexity index is 1440. The van der Waals surface area contributed by atoms with E-state index in [1.54, 1.807) is 11.0 Å². The first-order valence-electron chi connectivity index (χ1n) is 10.8. The highest BCUT2D eigenvalue weighted by atomic mass is 16.1. The number of hydrogen-bond donors (Lipinski definition) is 1. The number of carbonyl (C=O) groups is 1. The molecule has 0 atom stereocenters. The van der Waals surface area contributed by atoms with Gasteiger partial charge < -0.3 is 0 Å². The van der Waals surface area contributed by atoms with Crippen molar-refractivity contribution in [3.05, 3.63) is 90.0 Å². The summed E-state index contributed by atoms with van der Waals surface area (Å²) in [6.07, 6.45) is 3.57. The summed E-state index contributed by atoms with van der Waals surface area (Å²) in [6, 6.07) is 19.4. The maximum absolute atomic E-state index is 13.3. The first-order valence-corrected chi connectivity index (χ1v) is 10.8. The summed E-state index contributed by atoms with van der Waals surface area (Å²) < 4.78 is 3.56. The maximum Gasteiger partial charge on any atom is 0.258 e. The van der Waals surface area contributed by atoms with Crippen molar-refractivity contribution in [1.29, 1.82) is 0 Å². The van der Waals surface area contributed by atoms with E-state index >= 15 is 0 Å². The summed E-state index contributed by atoms with van der Waals surface area (Å²) in [6.45, 7) is 5.32. The molecule has 0 saturated carbocycles. The topological polar surface area (TPSA) is 90.5 Å². The molecule has 1 N–H and O–H groups in total. The minimum absolute atomic E-state index is 0.258. The molecular weight excluding hydrogens is 414 g/mol. The maximum atomic E-state index is 13.3. The van der Waals surface area contributed by atoms with Crippen LogP contribution < -0.4 is 5.32 Å². The van der Waals surface area contributed by atoms with E-state index in [2.05, 4.69) is 20.5 Å². The van der Waals surface area contributed by atoms with Crippen LogP contribution in [0.3, 0.4) is 0 Å². The standard InChI is InChI=1S/C25H23N7O/c1-3-31-15-21(17(2)29-31)23-13-20(19-11-7-8-12-22(19)27-23)24(33)28-25-26-16-32(30-25)14-18-9-5-4-6-10-18/h4-13,15-16H,3,14H2,1-2H3,(H,28,30,33). The molecule has 0 aliphatic carbocycles. The number of hydrogen-bond acceptors (Lipinski definition) is 5. The van der Waals surface area contributed by atoms with Gasteiger partial charge in [-0.2, -0.15) is 5.10 Å². The van der Waals surface area contributed by atoms with E-state index in [4.69, 9.17) is 4.98 Å². The monoisotopic (exact) mass is 437 g/mol. The number of nitrogens with one attached hydrogen (secondary N) is 1. The van der Waals surface area contributed by atoms with Gasteiger partial charge in [0.05, 0.1) is 29.0 Å². The molecule has 0 bridgehead atoms. The SMILES string of the molecule is CCn1cc(-c2cc(C(=O)Nc3ncn(Cc4ccccc4)n3)c3ccccc3n2)c(C)n1. The number of para-hydroxylation sites is 1. The second kappa shape index (κ2) is 8.66. The van der Waals surface area contributed by atoms with Crippen LogP contribution >= 0.6 is 0 Å². The van der Waals surface area contributed by atoms with Gasteiger partial charge in [0.2, 0.25) is 5.95 Å². The average molecular weight is 438 g/mol. The molecule has 0 aliphatic heterocycles. The Labute approximate surface area is 190 Å². The van der Waals surface area contributed by atoms with Gasteiger partial charge in [0.1, 0.15) is 6.33 Å². The molecular formula is C25H23N7O. The zero-order chi connectivity index (χ0) is 22.8. The molecule has 5 rings (SSSR count). The number of benzene rings is 2. The fourth-order valence-corrected chi connectivity index (χ4v) is 3.80. The van der Waals surface area contributed by atoms with Crippen molar-refractivity contribution < 1.29 is 4.79 Å². The van der Waals surface area contributed by atoms with Gasteiger partial charge in [-0.3, -0.25) is 14.8 Å². The van der Waals surface area contributed by atoms with Gasteiger partial charge in [0.25, 0.3) is 5.91 Å². The minimum atomic E-state index is -0.284. The Kier molecular flexibility index (Phi) is 5.40. The molecule has 0 unspecified atom stereocenters. The summed E-state index contributed by atoms with van der Waals surface area (Å²) in [4.78, 5) is 22.3. The molecule has 0 saturated heterocycles. The molecule has 3 heterocycles. The molecule has 0 spiro atoms. The summed E-state index contributed by atoms with van der Waals surface area (Å²) >= 11 is 0. The molecule has 0 radical (unpaired) electrons.